The lowest BCUT2D eigenvalue weighted by Gasteiger charge is -2.08. The van der Waals surface area contributed by atoms with Gasteiger partial charge < -0.3 is 10.4 Å². The van der Waals surface area contributed by atoms with Crippen LogP contribution in [0.15, 0.2) is 51.8 Å². The van der Waals surface area contributed by atoms with Gasteiger partial charge >= 0.3 is 0 Å². The van der Waals surface area contributed by atoms with Gasteiger partial charge in [-0.3, -0.25) is 4.79 Å². The number of aromatic hydroxyl groups is 1. The highest BCUT2D eigenvalue weighted by Crippen LogP contribution is 2.26. The van der Waals surface area contributed by atoms with Crippen molar-refractivity contribution in [2.75, 3.05) is 11.6 Å². The summed E-state index contributed by atoms with van der Waals surface area (Å²) >= 11 is 3.27. The second-order valence-corrected chi connectivity index (χ2v) is 7.32. The molecule has 21 heavy (non-hydrogen) atoms. The van der Waals surface area contributed by atoms with Crippen molar-refractivity contribution >= 4 is 37.4 Å². The summed E-state index contributed by atoms with van der Waals surface area (Å²) in [6.45, 7) is 0. The van der Waals surface area contributed by atoms with E-state index in [0.29, 0.717) is 11.3 Å². The summed E-state index contributed by atoms with van der Waals surface area (Å²) in [4.78, 5) is 11.8. The van der Waals surface area contributed by atoms with Gasteiger partial charge in [0.2, 0.25) is 0 Å². The molecule has 1 amide bonds. The van der Waals surface area contributed by atoms with E-state index in [2.05, 4.69) is 21.2 Å². The molecular formula is C14H12BrNO4S. The molecule has 0 unspecified atom stereocenters. The summed E-state index contributed by atoms with van der Waals surface area (Å²) in [5.74, 6) is -0.716. The van der Waals surface area contributed by atoms with Gasteiger partial charge in [-0.05, 0) is 42.5 Å². The van der Waals surface area contributed by atoms with E-state index >= 15 is 0 Å². The molecule has 2 N–H and O–H groups in total. The molecule has 0 spiro atoms. The molecule has 2 aromatic carbocycles. The molecule has 2 aromatic rings. The molecule has 0 bridgehead atoms. The molecule has 0 heterocycles. The molecular weight excluding hydrogens is 358 g/mol. The topological polar surface area (TPSA) is 83.5 Å². The number of halogens is 1. The van der Waals surface area contributed by atoms with Gasteiger partial charge in [-0.2, -0.15) is 0 Å². The minimum Gasteiger partial charge on any atom is -0.507 e. The normalized spacial score (nSPS) is 11.1. The molecule has 0 aliphatic heterocycles. The summed E-state index contributed by atoms with van der Waals surface area (Å²) < 4.78 is 23.9. The van der Waals surface area contributed by atoms with Crippen LogP contribution in [0.3, 0.4) is 0 Å². The molecule has 0 aliphatic rings. The van der Waals surface area contributed by atoms with Crippen molar-refractivity contribution in [2.24, 2.45) is 0 Å². The quantitative estimate of drug-likeness (QED) is 0.814. The van der Waals surface area contributed by atoms with Crippen molar-refractivity contribution in [3.05, 3.63) is 52.5 Å². The highest BCUT2D eigenvalue weighted by Gasteiger charge is 2.15. The number of carbonyl (C=O) groups excluding carboxylic acids is 1. The first-order valence-corrected chi connectivity index (χ1v) is 8.56. The molecule has 110 valence electrons. The summed E-state index contributed by atoms with van der Waals surface area (Å²) in [7, 11) is -3.57. The first kappa shape index (κ1) is 15.5. The lowest BCUT2D eigenvalue weighted by Crippen LogP contribution is -2.12. The smallest absolute Gasteiger partial charge is 0.255 e. The van der Waals surface area contributed by atoms with Crippen molar-refractivity contribution in [1.82, 2.24) is 0 Å². The van der Waals surface area contributed by atoms with E-state index < -0.39 is 9.84 Å². The standard InChI is InChI=1S/C14H12BrNO4S/c1-21(19,20)13-8-11(6-7-12(13)17)16-14(18)9-2-4-10(15)5-3-9/h2-8,17H,1H3,(H,16,18). The highest BCUT2D eigenvalue weighted by atomic mass is 79.9. The van der Waals surface area contributed by atoms with E-state index in [1.165, 1.54) is 18.2 Å². The molecule has 0 saturated heterocycles. The average Bonchev–Trinajstić information content (AvgIpc) is 2.40. The van der Waals surface area contributed by atoms with Crippen molar-refractivity contribution in [3.8, 4) is 5.75 Å². The Hall–Kier alpha value is -1.86. The van der Waals surface area contributed by atoms with Crippen LogP contribution in [0.4, 0.5) is 5.69 Å². The van der Waals surface area contributed by atoms with Gasteiger partial charge in [-0.25, -0.2) is 8.42 Å². The largest absolute Gasteiger partial charge is 0.507 e. The fraction of sp³-hybridized carbons (Fsp3) is 0.0714. The van der Waals surface area contributed by atoms with Crippen molar-refractivity contribution in [3.63, 3.8) is 0 Å². The van der Waals surface area contributed by atoms with Crippen LogP contribution in [-0.2, 0) is 9.84 Å². The van der Waals surface area contributed by atoms with E-state index in [1.807, 2.05) is 0 Å². The maximum atomic E-state index is 12.0. The number of amides is 1. The second kappa shape index (κ2) is 5.87. The Morgan fingerprint density at radius 2 is 1.76 bits per heavy atom. The van der Waals surface area contributed by atoms with Crippen LogP contribution in [-0.4, -0.2) is 25.7 Å². The van der Waals surface area contributed by atoms with E-state index in [4.69, 9.17) is 0 Å². The number of benzene rings is 2. The number of rotatable bonds is 3. The summed E-state index contributed by atoms with van der Waals surface area (Å²) in [6, 6.07) is 10.6. The Balaban J connectivity index is 2.28. The Bertz CT molecular complexity index is 785. The fourth-order valence-electron chi connectivity index (χ4n) is 1.69. The third kappa shape index (κ3) is 3.83. The number of anilines is 1. The first-order valence-electron chi connectivity index (χ1n) is 5.87. The summed E-state index contributed by atoms with van der Waals surface area (Å²) in [5.41, 5.74) is 0.730. The lowest BCUT2D eigenvalue weighted by atomic mass is 10.2. The lowest BCUT2D eigenvalue weighted by molar-refractivity contribution is 0.102. The number of hydrogen-bond acceptors (Lipinski definition) is 4. The van der Waals surface area contributed by atoms with Crippen LogP contribution < -0.4 is 5.32 Å². The molecule has 5 nitrogen and oxygen atoms in total. The number of sulfone groups is 1. The molecule has 0 atom stereocenters. The Morgan fingerprint density at radius 1 is 1.14 bits per heavy atom. The molecule has 2 rings (SSSR count). The van der Waals surface area contributed by atoms with Crippen LogP contribution in [0.5, 0.6) is 5.75 Å². The first-order chi connectivity index (χ1) is 9.77. The van der Waals surface area contributed by atoms with Gasteiger partial charge in [0.05, 0.1) is 0 Å². The molecule has 0 saturated carbocycles. The molecule has 7 heteroatoms. The van der Waals surface area contributed by atoms with Crippen molar-refractivity contribution in [1.29, 1.82) is 0 Å². The van der Waals surface area contributed by atoms with Crippen LogP contribution in [0.25, 0.3) is 0 Å². The molecule has 0 aliphatic carbocycles. The van der Waals surface area contributed by atoms with Gasteiger partial charge in [-0.1, -0.05) is 15.9 Å². The van der Waals surface area contributed by atoms with Gasteiger partial charge in [0, 0.05) is 22.0 Å². The highest BCUT2D eigenvalue weighted by molar-refractivity contribution is 9.10. The van der Waals surface area contributed by atoms with E-state index in [9.17, 15) is 18.3 Å². The molecule has 0 radical (unpaired) electrons. The number of phenolic OH excluding ortho intramolecular Hbond substituents is 1. The SMILES string of the molecule is CS(=O)(=O)c1cc(NC(=O)c2ccc(Br)cc2)ccc1O. The predicted molar refractivity (Wildman–Crippen MR) is 83.3 cm³/mol. The zero-order valence-electron chi connectivity index (χ0n) is 11.0. The van der Waals surface area contributed by atoms with Crippen molar-refractivity contribution < 1.29 is 18.3 Å². The minimum absolute atomic E-state index is 0.226. The predicted octanol–water partition coefficient (Wildman–Crippen LogP) is 2.81. The van der Waals surface area contributed by atoms with Gasteiger partial charge in [-0.15, -0.1) is 0 Å². The summed E-state index contributed by atoms with van der Waals surface area (Å²) in [5, 5.41) is 12.1. The third-order valence-corrected chi connectivity index (χ3v) is 4.38. The fourth-order valence-corrected chi connectivity index (χ4v) is 2.75. The second-order valence-electron chi connectivity index (χ2n) is 4.42. The van der Waals surface area contributed by atoms with Gasteiger partial charge in [0.25, 0.3) is 5.91 Å². The number of carbonyl (C=O) groups is 1. The van der Waals surface area contributed by atoms with Gasteiger partial charge in [0.1, 0.15) is 10.6 Å². The van der Waals surface area contributed by atoms with Gasteiger partial charge in [0.15, 0.2) is 9.84 Å². The average molecular weight is 370 g/mol. The number of hydrogen-bond donors (Lipinski definition) is 2. The maximum absolute atomic E-state index is 12.0. The minimum atomic E-state index is -3.57. The Kier molecular flexibility index (Phi) is 4.34. The maximum Gasteiger partial charge on any atom is 0.255 e. The van der Waals surface area contributed by atoms with Crippen LogP contribution in [0.2, 0.25) is 0 Å². The van der Waals surface area contributed by atoms with Crippen LogP contribution in [0.1, 0.15) is 10.4 Å². The Labute approximate surface area is 130 Å². The molecule has 0 fully saturated rings. The number of nitrogens with one attached hydrogen (secondary N) is 1. The van der Waals surface area contributed by atoms with Crippen LogP contribution >= 0.6 is 15.9 Å². The summed E-state index contributed by atoms with van der Waals surface area (Å²) in [6.07, 6.45) is 0.988. The zero-order valence-corrected chi connectivity index (χ0v) is 13.4. The van der Waals surface area contributed by atoms with Crippen molar-refractivity contribution in [2.45, 2.75) is 4.90 Å². The van der Waals surface area contributed by atoms with Crippen LogP contribution in [0, 0.1) is 0 Å². The monoisotopic (exact) mass is 369 g/mol. The molecule has 0 aromatic heterocycles. The van der Waals surface area contributed by atoms with E-state index in [0.717, 1.165) is 10.7 Å². The number of phenols is 1. The zero-order chi connectivity index (χ0) is 15.6. The Morgan fingerprint density at radius 3 is 2.33 bits per heavy atom. The third-order valence-electron chi connectivity index (χ3n) is 2.72. The van der Waals surface area contributed by atoms with E-state index in [1.54, 1.807) is 24.3 Å². The van der Waals surface area contributed by atoms with E-state index in [-0.39, 0.29) is 16.6 Å².